The maximum Gasteiger partial charge on any atom is 0.407 e. The minimum atomic E-state index is -0.417. The molecule has 1 aliphatic carbocycles. The Hall–Kier alpha value is -0.770. The molecule has 2 unspecified atom stereocenters. The molecule has 16 heavy (non-hydrogen) atoms. The first-order valence-corrected chi connectivity index (χ1v) is 6.09. The van der Waals surface area contributed by atoms with Gasteiger partial charge in [0.15, 0.2) is 0 Å². The van der Waals surface area contributed by atoms with Crippen LogP contribution in [0.3, 0.4) is 0 Å². The molecule has 2 fully saturated rings. The van der Waals surface area contributed by atoms with Gasteiger partial charge in [0.25, 0.3) is 0 Å². The van der Waals surface area contributed by atoms with Gasteiger partial charge in [0.2, 0.25) is 0 Å². The molecule has 2 atom stereocenters. The molecule has 0 aromatic heterocycles. The van der Waals surface area contributed by atoms with Gasteiger partial charge in [0, 0.05) is 6.04 Å². The van der Waals surface area contributed by atoms with Crippen molar-refractivity contribution in [1.82, 2.24) is 5.32 Å². The van der Waals surface area contributed by atoms with Crippen LogP contribution in [0, 0.1) is 0 Å². The van der Waals surface area contributed by atoms with E-state index in [1.54, 1.807) is 0 Å². The van der Waals surface area contributed by atoms with Crippen molar-refractivity contribution < 1.29 is 14.3 Å². The number of rotatable bonds is 1. The third kappa shape index (κ3) is 3.37. The molecule has 1 aliphatic heterocycles. The Kier molecular flexibility index (Phi) is 3.10. The lowest BCUT2D eigenvalue weighted by molar-refractivity contribution is 0.0496. The van der Waals surface area contributed by atoms with E-state index >= 15 is 0 Å². The minimum Gasteiger partial charge on any atom is -0.444 e. The van der Waals surface area contributed by atoms with Crippen molar-refractivity contribution >= 4 is 6.09 Å². The second-order valence-electron chi connectivity index (χ2n) is 5.71. The monoisotopic (exact) mass is 227 g/mol. The lowest BCUT2D eigenvalue weighted by Crippen LogP contribution is -2.39. The van der Waals surface area contributed by atoms with Crippen molar-refractivity contribution in [3.63, 3.8) is 0 Å². The van der Waals surface area contributed by atoms with Crippen LogP contribution >= 0.6 is 0 Å². The summed E-state index contributed by atoms with van der Waals surface area (Å²) in [6.07, 6.45) is 4.75. The minimum absolute atomic E-state index is 0.256. The molecule has 2 aliphatic rings. The van der Waals surface area contributed by atoms with E-state index in [0.717, 1.165) is 25.7 Å². The molecule has 1 amide bonds. The summed E-state index contributed by atoms with van der Waals surface area (Å²) >= 11 is 0. The first-order valence-electron chi connectivity index (χ1n) is 6.09. The van der Waals surface area contributed by atoms with E-state index in [1.165, 1.54) is 0 Å². The van der Waals surface area contributed by atoms with Crippen LogP contribution in [-0.4, -0.2) is 29.9 Å². The summed E-state index contributed by atoms with van der Waals surface area (Å²) in [4.78, 5) is 11.6. The van der Waals surface area contributed by atoms with E-state index < -0.39 is 5.60 Å². The topological polar surface area (TPSA) is 50.9 Å². The number of hydrogen-bond acceptors (Lipinski definition) is 3. The molecule has 1 heterocycles. The molecule has 0 aromatic carbocycles. The second kappa shape index (κ2) is 4.24. The van der Waals surface area contributed by atoms with Gasteiger partial charge in [0.1, 0.15) is 5.60 Å². The van der Waals surface area contributed by atoms with Gasteiger partial charge in [-0.3, -0.25) is 0 Å². The van der Waals surface area contributed by atoms with Crippen molar-refractivity contribution in [3.8, 4) is 0 Å². The smallest absolute Gasteiger partial charge is 0.407 e. The van der Waals surface area contributed by atoms with Crippen molar-refractivity contribution in [2.24, 2.45) is 0 Å². The lowest BCUT2D eigenvalue weighted by atomic mass is 10.1. The van der Waals surface area contributed by atoms with Crippen molar-refractivity contribution in [2.45, 2.75) is 70.3 Å². The number of carbonyl (C=O) groups is 1. The number of ether oxygens (including phenoxy) is 2. The Morgan fingerprint density at radius 3 is 2.25 bits per heavy atom. The summed E-state index contributed by atoms with van der Waals surface area (Å²) in [6.45, 7) is 5.63. The van der Waals surface area contributed by atoms with Gasteiger partial charge >= 0.3 is 6.09 Å². The Labute approximate surface area is 96.7 Å². The van der Waals surface area contributed by atoms with Crippen molar-refractivity contribution in [1.29, 1.82) is 0 Å². The summed E-state index contributed by atoms with van der Waals surface area (Å²) in [6, 6.07) is 0.256. The van der Waals surface area contributed by atoms with Crippen molar-refractivity contribution in [3.05, 3.63) is 0 Å². The molecular weight excluding hydrogens is 206 g/mol. The zero-order valence-electron chi connectivity index (χ0n) is 10.3. The largest absolute Gasteiger partial charge is 0.444 e. The first kappa shape index (κ1) is 11.7. The third-order valence-corrected chi connectivity index (χ3v) is 3.01. The fourth-order valence-electron chi connectivity index (χ4n) is 2.18. The van der Waals surface area contributed by atoms with Crippen LogP contribution in [-0.2, 0) is 9.47 Å². The molecular formula is C12H21NO3. The predicted molar refractivity (Wildman–Crippen MR) is 60.3 cm³/mol. The van der Waals surface area contributed by atoms with Gasteiger partial charge in [-0.1, -0.05) is 0 Å². The summed E-state index contributed by atoms with van der Waals surface area (Å²) in [5.41, 5.74) is -0.417. The third-order valence-electron chi connectivity index (χ3n) is 3.01. The highest BCUT2D eigenvalue weighted by Gasteiger charge is 2.41. The average Bonchev–Trinajstić information content (AvgIpc) is 2.83. The SMILES string of the molecule is CC(C)(C)OC(=O)NC1CCC2OC2CC1. The molecule has 1 saturated carbocycles. The zero-order chi connectivity index (χ0) is 11.8. The number of fused-ring (bicyclic) bond motifs is 1. The van der Waals surface area contributed by atoms with Gasteiger partial charge in [0.05, 0.1) is 12.2 Å². The van der Waals surface area contributed by atoms with E-state index in [9.17, 15) is 4.79 Å². The summed E-state index contributed by atoms with van der Waals surface area (Å²) in [7, 11) is 0. The fraction of sp³-hybridized carbons (Fsp3) is 0.917. The highest BCUT2D eigenvalue weighted by atomic mass is 16.6. The number of epoxide rings is 1. The van der Waals surface area contributed by atoms with E-state index in [-0.39, 0.29) is 12.1 Å². The molecule has 0 spiro atoms. The van der Waals surface area contributed by atoms with Gasteiger partial charge in [-0.15, -0.1) is 0 Å². The van der Waals surface area contributed by atoms with Crippen LogP contribution in [0.1, 0.15) is 46.5 Å². The van der Waals surface area contributed by atoms with Gasteiger partial charge in [-0.2, -0.15) is 0 Å². The van der Waals surface area contributed by atoms with Crippen LogP contribution in [0.2, 0.25) is 0 Å². The van der Waals surface area contributed by atoms with Gasteiger partial charge < -0.3 is 14.8 Å². The quantitative estimate of drug-likeness (QED) is 0.699. The number of hydrogen-bond donors (Lipinski definition) is 1. The highest BCUT2D eigenvalue weighted by Crippen LogP contribution is 2.35. The van der Waals surface area contributed by atoms with Gasteiger partial charge in [-0.05, 0) is 46.5 Å². The standard InChI is InChI=1S/C12H21NO3/c1-12(2,3)16-11(14)13-8-4-6-9-10(15-9)7-5-8/h8-10H,4-7H2,1-3H3,(H,13,14). The maximum absolute atomic E-state index is 11.6. The van der Waals surface area contributed by atoms with Crippen molar-refractivity contribution in [2.75, 3.05) is 0 Å². The molecule has 0 radical (unpaired) electrons. The number of nitrogens with one attached hydrogen (secondary N) is 1. The molecule has 1 saturated heterocycles. The zero-order valence-corrected chi connectivity index (χ0v) is 10.3. The molecule has 4 nitrogen and oxygen atoms in total. The Morgan fingerprint density at radius 1 is 1.19 bits per heavy atom. The van der Waals surface area contributed by atoms with E-state index in [1.807, 2.05) is 20.8 Å². The lowest BCUT2D eigenvalue weighted by Gasteiger charge is -2.23. The summed E-state index contributed by atoms with van der Waals surface area (Å²) < 4.78 is 10.7. The van der Waals surface area contributed by atoms with Gasteiger partial charge in [-0.25, -0.2) is 4.79 Å². The Morgan fingerprint density at radius 2 is 1.75 bits per heavy atom. The van der Waals surface area contributed by atoms with Crippen LogP contribution in [0.5, 0.6) is 0 Å². The van der Waals surface area contributed by atoms with Crippen LogP contribution < -0.4 is 5.32 Å². The Bertz CT molecular complexity index is 260. The molecule has 0 aromatic rings. The van der Waals surface area contributed by atoms with E-state index in [2.05, 4.69) is 5.32 Å². The van der Waals surface area contributed by atoms with E-state index in [4.69, 9.17) is 9.47 Å². The first-order chi connectivity index (χ1) is 7.44. The molecule has 1 N–H and O–H groups in total. The molecule has 92 valence electrons. The molecule has 0 bridgehead atoms. The summed E-state index contributed by atoms with van der Waals surface area (Å²) in [5.74, 6) is 0. The van der Waals surface area contributed by atoms with Crippen LogP contribution in [0.15, 0.2) is 0 Å². The average molecular weight is 227 g/mol. The predicted octanol–water partition coefficient (Wildman–Crippen LogP) is 2.22. The number of amides is 1. The maximum atomic E-state index is 11.6. The summed E-state index contributed by atoms with van der Waals surface area (Å²) in [5, 5.41) is 2.94. The molecule has 4 heteroatoms. The number of carbonyl (C=O) groups excluding carboxylic acids is 1. The Balaban J connectivity index is 1.74. The van der Waals surface area contributed by atoms with Crippen LogP contribution in [0.4, 0.5) is 4.79 Å². The molecule has 2 rings (SSSR count). The number of alkyl carbamates (subject to hydrolysis) is 1. The fourth-order valence-corrected chi connectivity index (χ4v) is 2.18. The highest BCUT2D eigenvalue weighted by molar-refractivity contribution is 5.68. The normalized spacial score (nSPS) is 33.6. The van der Waals surface area contributed by atoms with Crippen LogP contribution in [0.25, 0.3) is 0 Å². The second-order valence-corrected chi connectivity index (χ2v) is 5.71. The van der Waals surface area contributed by atoms with E-state index in [0.29, 0.717) is 12.2 Å².